The fraction of sp³-hybridized carbons (Fsp3) is 0.667. The van der Waals surface area contributed by atoms with Gasteiger partial charge >= 0.3 is 0 Å². The van der Waals surface area contributed by atoms with Crippen molar-refractivity contribution in [1.29, 1.82) is 0 Å². The second-order valence-electron chi connectivity index (χ2n) is 7.51. The number of ether oxygens (including phenoxy) is 1. The molecule has 108 valence electrons. The van der Waals surface area contributed by atoms with Crippen LogP contribution in [0, 0.1) is 23.2 Å². The van der Waals surface area contributed by atoms with E-state index >= 15 is 0 Å². The van der Waals surface area contributed by atoms with Crippen LogP contribution in [0.1, 0.15) is 38.5 Å². The van der Waals surface area contributed by atoms with Crippen LogP contribution in [0.4, 0.5) is 0 Å². The first kappa shape index (κ1) is 12.7. The second-order valence-corrected chi connectivity index (χ2v) is 7.51. The van der Waals surface area contributed by atoms with Gasteiger partial charge in [-0.15, -0.1) is 0 Å². The summed E-state index contributed by atoms with van der Waals surface area (Å²) in [7, 11) is 0. The van der Waals surface area contributed by atoms with E-state index in [1.807, 2.05) is 30.3 Å². The molecule has 1 atom stereocenters. The average molecular weight is 271 g/mol. The molecule has 0 aromatic heterocycles. The molecule has 0 heterocycles. The van der Waals surface area contributed by atoms with Gasteiger partial charge in [-0.05, 0) is 73.8 Å². The third-order valence-electron chi connectivity index (χ3n) is 6.04. The molecule has 0 saturated heterocycles. The molecule has 1 aromatic carbocycles. The van der Waals surface area contributed by atoms with E-state index < -0.39 is 0 Å². The summed E-state index contributed by atoms with van der Waals surface area (Å²) in [6, 6.07) is 10.3. The lowest BCUT2D eigenvalue weighted by Gasteiger charge is -2.58. The van der Waals surface area contributed by atoms with Crippen LogP contribution in [0.5, 0.6) is 5.75 Å². The molecule has 1 unspecified atom stereocenters. The largest absolute Gasteiger partial charge is 0.492 e. The Kier molecular flexibility index (Phi) is 3.03. The molecule has 0 radical (unpaired) electrons. The summed E-state index contributed by atoms with van der Waals surface area (Å²) in [6.45, 7) is 0.677. The standard InChI is InChI=1S/C18H25NO/c19-17(12-20-16-4-2-1-3-5-16)18-9-13-6-14(10-18)8-15(7-13)11-18/h1-5,13-15,17H,6-12,19H2. The van der Waals surface area contributed by atoms with E-state index in [0.29, 0.717) is 12.0 Å². The molecular weight excluding hydrogens is 246 g/mol. The van der Waals surface area contributed by atoms with Crippen LogP contribution in [-0.2, 0) is 0 Å². The third-order valence-corrected chi connectivity index (χ3v) is 6.04. The van der Waals surface area contributed by atoms with E-state index in [1.165, 1.54) is 38.5 Å². The molecular formula is C18H25NO. The smallest absolute Gasteiger partial charge is 0.119 e. The molecule has 0 amide bonds. The first-order valence-electron chi connectivity index (χ1n) is 8.17. The van der Waals surface area contributed by atoms with E-state index in [-0.39, 0.29) is 6.04 Å². The van der Waals surface area contributed by atoms with Gasteiger partial charge in [0.2, 0.25) is 0 Å². The zero-order chi connectivity index (χ0) is 13.6. The van der Waals surface area contributed by atoms with Gasteiger partial charge in [0.15, 0.2) is 0 Å². The monoisotopic (exact) mass is 271 g/mol. The van der Waals surface area contributed by atoms with Crippen molar-refractivity contribution in [2.45, 2.75) is 44.6 Å². The van der Waals surface area contributed by atoms with E-state index in [2.05, 4.69) is 0 Å². The van der Waals surface area contributed by atoms with Crippen molar-refractivity contribution >= 4 is 0 Å². The van der Waals surface area contributed by atoms with Gasteiger partial charge in [-0.2, -0.15) is 0 Å². The number of hydrogen-bond acceptors (Lipinski definition) is 2. The van der Waals surface area contributed by atoms with E-state index in [9.17, 15) is 0 Å². The van der Waals surface area contributed by atoms with Gasteiger partial charge in [0, 0.05) is 6.04 Å². The minimum absolute atomic E-state index is 0.205. The van der Waals surface area contributed by atoms with Crippen LogP contribution >= 0.6 is 0 Å². The van der Waals surface area contributed by atoms with Crippen molar-refractivity contribution < 1.29 is 4.74 Å². The molecule has 5 rings (SSSR count). The highest BCUT2D eigenvalue weighted by Crippen LogP contribution is 2.60. The van der Waals surface area contributed by atoms with Crippen molar-refractivity contribution in [2.24, 2.45) is 28.9 Å². The molecule has 4 aliphatic carbocycles. The van der Waals surface area contributed by atoms with Crippen LogP contribution in [0.2, 0.25) is 0 Å². The maximum absolute atomic E-state index is 6.60. The molecule has 2 heteroatoms. The number of para-hydroxylation sites is 1. The normalized spacial score (nSPS) is 39.8. The summed E-state index contributed by atoms with van der Waals surface area (Å²) in [4.78, 5) is 0. The highest BCUT2D eigenvalue weighted by atomic mass is 16.5. The predicted molar refractivity (Wildman–Crippen MR) is 80.5 cm³/mol. The molecule has 2 nitrogen and oxygen atoms in total. The molecule has 20 heavy (non-hydrogen) atoms. The number of benzene rings is 1. The van der Waals surface area contributed by atoms with Crippen molar-refractivity contribution in [3.05, 3.63) is 30.3 Å². The fourth-order valence-corrected chi connectivity index (χ4v) is 5.51. The quantitative estimate of drug-likeness (QED) is 0.908. The Balaban J connectivity index is 1.44. The molecule has 4 aliphatic rings. The molecule has 0 spiro atoms. The van der Waals surface area contributed by atoms with Gasteiger partial charge in [0.05, 0.1) is 0 Å². The van der Waals surface area contributed by atoms with E-state index in [0.717, 1.165) is 23.5 Å². The highest BCUT2D eigenvalue weighted by molar-refractivity contribution is 5.21. The first-order valence-corrected chi connectivity index (χ1v) is 8.17. The Morgan fingerprint density at radius 3 is 2.10 bits per heavy atom. The maximum atomic E-state index is 6.60. The summed E-state index contributed by atoms with van der Waals surface area (Å²) in [5.74, 6) is 3.84. The minimum atomic E-state index is 0.205. The topological polar surface area (TPSA) is 35.2 Å². The number of hydrogen-bond donors (Lipinski definition) is 1. The fourth-order valence-electron chi connectivity index (χ4n) is 5.51. The predicted octanol–water partition coefficient (Wildman–Crippen LogP) is 3.61. The van der Waals surface area contributed by atoms with Crippen LogP contribution < -0.4 is 10.5 Å². The summed E-state index contributed by atoms with van der Waals surface area (Å²) >= 11 is 0. The van der Waals surface area contributed by atoms with Crippen LogP contribution in [-0.4, -0.2) is 12.6 Å². The third kappa shape index (κ3) is 2.14. The van der Waals surface area contributed by atoms with Gasteiger partial charge < -0.3 is 10.5 Å². The molecule has 4 bridgehead atoms. The van der Waals surface area contributed by atoms with Crippen molar-refractivity contribution in [2.75, 3.05) is 6.61 Å². The summed E-state index contributed by atoms with van der Waals surface area (Å²) < 4.78 is 5.93. The molecule has 2 N–H and O–H groups in total. The Labute approximate surface area is 121 Å². The average Bonchev–Trinajstić information content (AvgIpc) is 2.44. The van der Waals surface area contributed by atoms with Gasteiger partial charge in [-0.25, -0.2) is 0 Å². The number of nitrogens with two attached hydrogens (primary N) is 1. The summed E-state index contributed by atoms with van der Waals surface area (Å²) in [6.07, 6.45) is 8.51. The maximum Gasteiger partial charge on any atom is 0.119 e. The SMILES string of the molecule is NC(COc1ccccc1)C12CC3CC(CC(C3)C1)C2. The second kappa shape index (κ2) is 4.77. The Hall–Kier alpha value is -1.02. The minimum Gasteiger partial charge on any atom is -0.492 e. The van der Waals surface area contributed by atoms with Crippen LogP contribution in [0.25, 0.3) is 0 Å². The zero-order valence-corrected chi connectivity index (χ0v) is 12.1. The van der Waals surface area contributed by atoms with Gasteiger partial charge in [-0.3, -0.25) is 0 Å². The van der Waals surface area contributed by atoms with Crippen molar-refractivity contribution in [3.63, 3.8) is 0 Å². The van der Waals surface area contributed by atoms with E-state index in [4.69, 9.17) is 10.5 Å². The van der Waals surface area contributed by atoms with Gasteiger partial charge in [0.1, 0.15) is 12.4 Å². The lowest BCUT2D eigenvalue weighted by Crippen LogP contribution is -2.56. The zero-order valence-electron chi connectivity index (χ0n) is 12.1. The molecule has 4 fully saturated rings. The molecule has 4 saturated carbocycles. The Bertz CT molecular complexity index is 434. The summed E-state index contributed by atoms with van der Waals surface area (Å²) in [5, 5.41) is 0. The Morgan fingerprint density at radius 2 is 1.55 bits per heavy atom. The number of rotatable bonds is 4. The van der Waals surface area contributed by atoms with Crippen LogP contribution in [0.15, 0.2) is 30.3 Å². The molecule has 0 aliphatic heterocycles. The Morgan fingerprint density at radius 1 is 1.00 bits per heavy atom. The van der Waals surface area contributed by atoms with Crippen molar-refractivity contribution in [1.82, 2.24) is 0 Å². The first-order chi connectivity index (χ1) is 9.73. The van der Waals surface area contributed by atoms with Gasteiger partial charge in [0.25, 0.3) is 0 Å². The molecule has 1 aromatic rings. The summed E-state index contributed by atoms with van der Waals surface area (Å²) in [5.41, 5.74) is 6.99. The van der Waals surface area contributed by atoms with Gasteiger partial charge in [-0.1, -0.05) is 18.2 Å². The van der Waals surface area contributed by atoms with E-state index in [1.54, 1.807) is 0 Å². The lowest BCUT2D eigenvalue weighted by molar-refractivity contribution is -0.0730. The lowest BCUT2D eigenvalue weighted by atomic mass is 9.48. The highest BCUT2D eigenvalue weighted by Gasteiger charge is 2.53. The van der Waals surface area contributed by atoms with Crippen molar-refractivity contribution in [3.8, 4) is 5.75 Å². The van der Waals surface area contributed by atoms with Crippen LogP contribution in [0.3, 0.4) is 0 Å².